The van der Waals surface area contributed by atoms with E-state index in [0.717, 1.165) is 30.1 Å². The molecule has 1 fully saturated rings. The Hall–Kier alpha value is -1.59. The number of nitrogens with zero attached hydrogens (tertiary/aromatic N) is 1. The third-order valence-electron chi connectivity index (χ3n) is 4.75. The van der Waals surface area contributed by atoms with E-state index in [1.807, 2.05) is 29.2 Å². The molecule has 134 valence electrons. The number of aliphatic hydroxyl groups is 1. The van der Waals surface area contributed by atoms with Gasteiger partial charge in [-0.15, -0.1) is 0 Å². The number of carbonyl (C=O) groups is 1. The fourth-order valence-electron chi connectivity index (χ4n) is 3.31. The number of carbonyl (C=O) groups excluding carboxylic acids is 1. The molecule has 0 atom stereocenters. The van der Waals surface area contributed by atoms with Gasteiger partial charge in [-0.25, -0.2) is 0 Å². The highest BCUT2D eigenvalue weighted by molar-refractivity contribution is 5.78. The Labute approximate surface area is 145 Å². The molecule has 0 saturated heterocycles. The molecule has 5 nitrogen and oxygen atoms in total. The van der Waals surface area contributed by atoms with Crippen molar-refractivity contribution in [1.82, 2.24) is 10.2 Å². The van der Waals surface area contributed by atoms with Crippen molar-refractivity contribution < 1.29 is 14.6 Å². The predicted octanol–water partition coefficient (Wildman–Crippen LogP) is 2.18. The fourth-order valence-corrected chi connectivity index (χ4v) is 3.31. The van der Waals surface area contributed by atoms with Gasteiger partial charge in [-0.3, -0.25) is 9.69 Å². The quantitative estimate of drug-likeness (QED) is 0.765. The first-order valence-corrected chi connectivity index (χ1v) is 8.86. The normalized spacial score (nSPS) is 20.8. The minimum atomic E-state index is 0.0311. The molecule has 1 amide bonds. The molecule has 1 aromatic carbocycles. The lowest BCUT2D eigenvalue weighted by Gasteiger charge is -2.28. The number of rotatable bonds is 8. The number of amides is 1. The van der Waals surface area contributed by atoms with Crippen LogP contribution in [-0.4, -0.2) is 48.8 Å². The van der Waals surface area contributed by atoms with E-state index < -0.39 is 0 Å². The molecule has 0 heterocycles. The topological polar surface area (TPSA) is 61.8 Å². The molecular formula is C19H30N2O3. The summed E-state index contributed by atoms with van der Waals surface area (Å²) in [5, 5.41) is 12.4. The maximum atomic E-state index is 12.4. The maximum absolute atomic E-state index is 12.4. The lowest BCUT2D eigenvalue weighted by atomic mass is 9.87. The molecule has 1 saturated carbocycles. The molecule has 0 unspecified atom stereocenters. The van der Waals surface area contributed by atoms with Crippen LogP contribution in [0.2, 0.25) is 0 Å². The van der Waals surface area contributed by atoms with Gasteiger partial charge in [0.15, 0.2) is 0 Å². The van der Waals surface area contributed by atoms with Crippen LogP contribution < -0.4 is 10.1 Å². The molecule has 1 aliphatic rings. The number of ether oxygens (including phenoxy) is 1. The second-order valence-electron chi connectivity index (χ2n) is 6.77. The number of benzene rings is 1. The highest BCUT2D eigenvalue weighted by atomic mass is 16.5. The van der Waals surface area contributed by atoms with Crippen LogP contribution in [-0.2, 0) is 11.3 Å². The van der Waals surface area contributed by atoms with Crippen LogP contribution in [0.1, 0.15) is 38.2 Å². The van der Waals surface area contributed by atoms with Gasteiger partial charge in [-0.2, -0.15) is 0 Å². The monoisotopic (exact) mass is 334 g/mol. The Bertz CT molecular complexity index is 513. The minimum Gasteiger partial charge on any atom is -0.496 e. The number of nitrogens with one attached hydrogen (secondary N) is 1. The number of hydrogen-bond acceptors (Lipinski definition) is 4. The van der Waals surface area contributed by atoms with Crippen molar-refractivity contribution in [2.75, 3.05) is 26.8 Å². The summed E-state index contributed by atoms with van der Waals surface area (Å²) in [6.07, 6.45) is 4.51. The van der Waals surface area contributed by atoms with Gasteiger partial charge in [0, 0.05) is 24.7 Å². The SMILES string of the molecule is COc1ccccc1CN(CCO)CC(=O)NC1CCC(C)CC1. The Morgan fingerprint density at radius 3 is 2.67 bits per heavy atom. The number of hydrogen-bond donors (Lipinski definition) is 2. The summed E-state index contributed by atoms with van der Waals surface area (Å²) in [5.41, 5.74) is 1.02. The molecule has 1 aliphatic carbocycles. The molecule has 2 N–H and O–H groups in total. The van der Waals surface area contributed by atoms with Crippen LogP contribution in [0.25, 0.3) is 0 Å². The van der Waals surface area contributed by atoms with Gasteiger partial charge in [0.1, 0.15) is 5.75 Å². The van der Waals surface area contributed by atoms with Gasteiger partial charge in [-0.05, 0) is 37.7 Å². The zero-order chi connectivity index (χ0) is 17.4. The predicted molar refractivity (Wildman–Crippen MR) is 94.9 cm³/mol. The van der Waals surface area contributed by atoms with Crippen molar-refractivity contribution in [2.24, 2.45) is 5.92 Å². The van der Waals surface area contributed by atoms with Crippen LogP contribution >= 0.6 is 0 Å². The Balaban J connectivity index is 1.89. The highest BCUT2D eigenvalue weighted by Gasteiger charge is 2.21. The third kappa shape index (κ3) is 5.80. The Morgan fingerprint density at radius 2 is 2.00 bits per heavy atom. The standard InChI is InChI=1S/C19H30N2O3/c1-15-7-9-17(10-8-15)20-19(23)14-21(11-12-22)13-16-5-3-4-6-18(16)24-2/h3-6,15,17,22H,7-14H2,1-2H3,(H,20,23). The summed E-state index contributed by atoms with van der Waals surface area (Å²) < 4.78 is 5.37. The van der Waals surface area contributed by atoms with E-state index in [0.29, 0.717) is 25.7 Å². The molecule has 24 heavy (non-hydrogen) atoms. The second-order valence-corrected chi connectivity index (χ2v) is 6.77. The first-order valence-electron chi connectivity index (χ1n) is 8.86. The Morgan fingerprint density at radius 1 is 1.29 bits per heavy atom. The van der Waals surface area contributed by atoms with E-state index in [4.69, 9.17) is 4.74 Å². The molecule has 1 aromatic rings. The molecule has 0 bridgehead atoms. The molecule has 0 aliphatic heterocycles. The van der Waals surface area contributed by atoms with Gasteiger partial charge in [0.2, 0.25) is 5.91 Å². The second kappa shape index (κ2) is 9.64. The highest BCUT2D eigenvalue weighted by Crippen LogP contribution is 2.23. The number of aliphatic hydroxyl groups excluding tert-OH is 1. The summed E-state index contributed by atoms with van der Waals surface area (Å²) in [5.74, 6) is 1.62. The van der Waals surface area contributed by atoms with Crippen molar-refractivity contribution in [3.63, 3.8) is 0 Å². The lowest BCUT2D eigenvalue weighted by Crippen LogP contribution is -2.43. The van der Waals surface area contributed by atoms with Crippen molar-refractivity contribution in [2.45, 2.75) is 45.2 Å². The molecule has 0 radical (unpaired) electrons. The van der Waals surface area contributed by atoms with E-state index in [9.17, 15) is 9.90 Å². The smallest absolute Gasteiger partial charge is 0.234 e. The molecule has 5 heteroatoms. The van der Waals surface area contributed by atoms with Crippen LogP contribution in [0.15, 0.2) is 24.3 Å². The van der Waals surface area contributed by atoms with Gasteiger partial charge >= 0.3 is 0 Å². The van der Waals surface area contributed by atoms with Crippen LogP contribution in [0, 0.1) is 5.92 Å². The molecule has 0 aromatic heterocycles. The van der Waals surface area contributed by atoms with Gasteiger partial charge in [0.25, 0.3) is 0 Å². The summed E-state index contributed by atoms with van der Waals surface area (Å²) in [6.45, 7) is 3.65. The van der Waals surface area contributed by atoms with Crippen LogP contribution in [0.3, 0.4) is 0 Å². The average molecular weight is 334 g/mol. The Kier molecular flexibility index (Phi) is 7.53. The third-order valence-corrected chi connectivity index (χ3v) is 4.75. The van der Waals surface area contributed by atoms with Crippen molar-refractivity contribution in [3.8, 4) is 5.75 Å². The van der Waals surface area contributed by atoms with Crippen LogP contribution in [0.4, 0.5) is 0 Å². The summed E-state index contributed by atoms with van der Waals surface area (Å²) in [7, 11) is 1.64. The molecule has 2 rings (SSSR count). The zero-order valence-corrected chi connectivity index (χ0v) is 14.8. The van der Waals surface area contributed by atoms with E-state index in [1.54, 1.807) is 7.11 Å². The summed E-state index contributed by atoms with van der Waals surface area (Å²) in [4.78, 5) is 14.3. The van der Waals surface area contributed by atoms with E-state index >= 15 is 0 Å². The number of methoxy groups -OCH3 is 1. The summed E-state index contributed by atoms with van der Waals surface area (Å²) in [6, 6.07) is 8.09. The molecule has 0 spiro atoms. The van der Waals surface area contributed by atoms with Gasteiger partial charge < -0.3 is 15.2 Å². The van der Waals surface area contributed by atoms with E-state index in [1.165, 1.54) is 12.8 Å². The molecular weight excluding hydrogens is 304 g/mol. The van der Waals surface area contributed by atoms with E-state index in [-0.39, 0.29) is 12.5 Å². The van der Waals surface area contributed by atoms with Crippen molar-refractivity contribution in [3.05, 3.63) is 29.8 Å². The maximum Gasteiger partial charge on any atom is 0.234 e. The van der Waals surface area contributed by atoms with Gasteiger partial charge in [0.05, 0.1) is 20.3 Å². The largest absolute Gasteiger partial charge is 0.496 e. The zero-order valence-electron chi connectivity index (χ0n) is 14.8. The van der Waals surface area contributed by atoms with Gasteiger partial charge in [-0.1, -0.05) is 25.1 Å². The average Bonchev–Trinajstić information content (AvgIpc) is 2.57. The first kappa shape index (κ1) is 18.7. The van der Waals surface area contributed by atoms with Crippen molar-refractivity contribution in [1.29, 1.82) is 0 Å². The minimum absolute atomic E-state index is 0.0311. The first-order chi connectivity index (χ1) is 11.6. The fraction of sp³-hybridized carbons (Fsp3) is 0.632. The summed E-state index contributed by atoms with van der Waals surface area (Å²) >= 11 is 0. The van der Waals surface area contributed by atoms with Crippen LogP contribution in [0.5, 0.6) is 5.75 Å². The number of para-hydroxylation sites is 1. The van der Waals surface area contributed by atoms with Crippen molar-refractivity contribution >= 4 is 5.91 Å². The van der Waals surface area contributed by atoms with E-state index in [2.05, 4.69) is 12.2 Å². The lowest BCUT2D eigenvalue weighted by molar-refractivity contribution is -0.123.